The number of carboxylic acid groups (broad SMARTS) is 1. The number of hydrogen-bond donors (Lipinski definition) is 4. The highest BCUT2D eigenvalue weighted by molar-refractivity contribution is 7.89. The van der Waals surface area contributed by atoms with Gasteiger partial charge in [0.1, 0.15) is 10.6 Å². The van der Waals surface area contributed by atoms with Crippen molar-refractivity contribution in [1.82, 2.24) is 9.71 Å². The van der Waals surface area contributed by atoms with E-state index in [9.17, 15) is 13.2 Å². The highest BCUT2D eigenvalue weighted by Gasteiger charge is 2.25. The van der Waals surface area contributed by atoms with E-state index in [1.165, 1.54) is 13.8 Å². The van der Waals surface area contributed by atoms with Crippen molar-refractivity contribution in [1.29, 1.82) is 0 Å². The van der Waals surface area contributed by atoms with Crippen molar-refractivity contribution < 1.29 is 23.4 Å². The molecule has 8 heteroatoms. The molecule has 0 unspecified atom stereocenters. The van der Waals surface area contributed by atoms with Gasteiger partial charge in [0.2, 0.25) is 10.0 Å². The number of aliphatic hydroxyl groups excluding tert-OH is 1. The molecular weight excluding hydrogens is 284 g/mol. The van der Waals surface area contributed by atoms with E-state index in [1.807, 2.05) is 0 Å². The number of sulfonamides is 1. The van der Waals surface area contributed by atoms with Crippen LogP contribution in [0.5, 0.6) is 0 Å². The molecule has 1 heterocycles. The lowest BCUT2D eigenvalue weighted by Gasteiger charge is -2.07. The Bertz CT molecular complexity index is 577. The summed E-state index contributed by atoms with van der Waals surface area (Å²) in [4.78, 5) is 13.6. The molecule has 0 aliphatic heterocycles. The lowest BCUT2D eigenvalue weighted by molar-refractivity contribution is 0.0690. The van der Waals surface area contributed by atoms with Crippen molar-refractivity contribution in [3.63, 3.8) is 0 Å². The maximum absolute atomic E-state index is 12.2. The summed E-state index contributed by atoms with van der Waals surface area (Å²) in [7, 11) is -3.73. The molecule has 7 nitrogen and oxygen atoms in total. The summed E-state index contributed by atoms with van der Waals surface area (Å²) in [5.74, 6) is -1.19. The second-order valence-corrected chi connectivity index (χ2v) is 6.27. The zero-order chi connectivity index (χ0) is 15.3. The summed E-state index contributed by atoms with van der Waals surface area (Å²) in [5, 5.41) is 17.6. The quantitative estimate of drug-likeness (QED) is 0.529. The number of aromatic nitrogens is 1. The fraction of sp³-hybridized carbons (Fsp3) is 0.583. The van der Waals surface area contributed by atoms with Gasteiger partial charge >= 0.3 is 5.97 Å². The number of aromatic amines is 1. The van der Waals surface area contributed by atoms with E-state index in [-0.39, 0.29) is 29.3 Å². The van der Waals surface area contributed by atoms with Gasteiger partial charge in [0.15, 0.2) is 0 Å². The van der Waals surface area contributed by atoms with E-state index in [0.29, 0.717) is 18.5 Å². The Balaban J connectivity index is 2.85. The highest BCUT2D eigenvalue weighted by atomic mass is 32.2. The Morgan fingerprint density at radius 2 is 1.90 bits per heavy atom. The first kappa shape index (κ1) is 16.7. The average Bonchev–Trinajstić information content (AvgIpc) is 2.65. The molecule has 0 spiro atoms. The molecule has 0 aliphatic rings. The standard InChI is InChI=1S/C12H20N2O5S/c1-8-10(12(16)17)14-9(2)11(8)20(18,19)13-6-4-3-5-7-15/h13-15H,3-7H2,1-2H3,(H,16,17). The molecule has 20 heavy (non-hydrogen) atoms. The highest BCUT2D eigenvalue weighted by Crippen LogP contribution is 2.22. The van der Waals surface area contributed by atoms with Crippen molar-refractivity contribution in [3.8, 4) is 0 Å². The lowest BCUT2D eigenvalue weighted by Crippen LogP contribution is -2.25. The van der Waals surface area contributed by atoms with Crippen LogP contribution in [0, 0.1) is 13.8 Å². The zero-order valence-corrected chi connectivity index (χ0v) is 12.4. The molecule has 1 aromatic rings. The minimum absolute atomic E-state index is 0.00272. The molecule has 0 saturated carbocycles. The molecule has 0 aromatic carbocycles. The number of unbranched alkanes of at least 4 members (excludes halogenated alkanes) is 2. The number of aryl methyl sites for hydroxylation is 1. The van der Waals surface area contributed by atoms with Gasteiger partial charge in [-0.2, -0.15) is 0 Å². The van der Waals surface area contributed by atoms with E-state index in [4.69, 9.17) is 10.2 Å². The average molecular weight is 304 g/mol. The van der Waals surface area contributed by atoms with Gasteiger partial charge in [0.05, 0.1) is 0 Å². The van der Waals surface area contributed by atoms with Crippen LogP contribution in [0.3, 0.4) is 0 Å². The fourth-order valence-corrected chi connectivity index (χ4v) is 3.56. The summed E-state index contributed by atoms with van der Waals surface area (Å²) in [6.45, 7) is 3.34. The number of hydrogen-bond acceptors (Lipinski definition) is 4. The fourth-order valence-electron chi connectivity index (χ4n) is 2.04. The minimum Gasteiger partial charge on any atom is -0.477 e. The number of H-pyrrole nitrogens is 1. The second-order valence-electron chi connectivity index (χ2n) is 4.57. The molecule has 0 saturated heterocycles. The molecule has 0 amide bonds. The summed E-state index contributed by atoms with van der Waals surface area (Å²) in [6.07, 6.45) is 1.98. The van der Waals surface area contributed by atoms with Crippen LogP contribution in [-0.2, 0) is 10.0 Å². The molecule has 0 radical (unpaired) electrons. The van der Waals surface area contributed by atoms with Gasteiger partial charge in [-0.15, -0.1) is 0 Å². The predicted molar refractivity (Wildman–Crippen MR) is 73.4 cm³/mol. The summed E-state index contributed by atoms with van der Waals surface area (Å²) >= 11 is 0. The molecule has 1 rings (SSSR count). The van der Waals surface area contributed by atoms with Gasteiger partial charge in [0.25, 0.3) is 0 Å². The van der Waals surface area contributed by atoms with Crippen LogP contribution in [-0.4, -0.2) is 42.7 Å². The van der Waals surface area contributed by atoms with Crippen LogP contribution in [0.25, 0.3) is 0 Å². The van der Waals surface area contributed by atoms with Crippen LogP contribution in [0.15, 0.2) is 4.90 Å². The molecule has 1 aromatic heterocycles. The second kappa shape index (κ2) is 6.87. The maximum atomic E-state index is 12.2. The lowest BCUT2D eigenvalue weighted by atomic mass is 10.2. The summed E-state index contributed by atoms with van der Waals surface area (Å²) in [6, 6.07) is 0. The maximum Gasteiger partial charge on any atom is 0.352 e. The Morgan fingerprint density at radius 1 is 1.25 bits per heavy atom. The monoisotopic (exact) mass is 304 g/mol. The Kier molecular flexibility index (Phi) is 5.73. The van der Waals surface area contributed by atoms with Crippen LogP contribution >= 0.6 is 0 Å². The number of nitrogens with one attached hydrogen (secondary N) is 2. The minimum atomic E-state index is -3.73. The van der Waals surface area contributed by atoms with E-state index in [1.54, 1.807) is 0 Å². The van der Waals surface area contributed by atoms with Crippen molar-refractivity contribution in [2.75, 3.05) is 13.2 Å². The molecular formula is C12H20N2O5S. The molecule has 114 valence electrons. The van der Waals surface area contributed by atoms with Crippen molar-refractivity contribution >= 4 is 16.0 Å². The van der Waals surface area contributed by atoms with Crippen LogP contribution in [0.1, 0.15) is 41.0 Å². The Labute approximate surface area is 118 Å². The molecule has 4 N–H and O–H groups in total. The third-order valence-electron chi connectivity index (χ3n) is 2.98. The first-order chi connectivity index (χ1) is 9.31. The van der Waals surface area contributed by atoms with Crippen molar-refractivity contribution in [3.05, 3.63) is 17.0 Å². The first-order valence-corrected chi connectivity index (χ1v) is 7.82. The van der Waals surface area contributed by atoms with E-state index < -0.39 is 16.0 Å². The van der Waals surface area contributed by atoms with Crippen LogP contribution in [0.4, 0.5) is 0 Å². The van der Waals surface area contributed by atoms with Gasteiger partial charge in [-0.25, -0.2) is 17.9 Å². The molecule has 0 fully saturated rings. The van der Waals surface area contributed by atoms with E-state index in [2.05, 4.69) is 9.71 Å². The van der Waals surface area contributed by atoms with Crippen molar-refractivity contribution in [2.45, 2.75) is 38.0 Å². The zero-order valence-electron chi connectivity index (χ0n) is 11.6. The predicted octanol–water partition coefficient (Wildman–Crippen LogP) is 0.771. The third kappa shape index (κ3) is 3.81. The molecule has 0 atom stereocenters. The van der Waals surface area contributed by atoms with Gasteiger partial charge < -0.3 is 15.2 Å². The molecule has 0 aliphatic carbocycles. The summed E-state index contributed by atoms with van der Waals surface area (Å²) < 4.78 is 26.8. The smallest absolute Gasteiger partial charge is 0.352 e. The number of carbonyl (C=O) groups is 1. The third-order valence-corrected chi connectivity index (χ3v) is 4.71. The van der Waals surface area contributed by atoms with Gasteiger partial charge in [-0.1, -0.05) is 0 Å². The number of carboxylic acids is 1. The Morgan fingerprint density at radius 3 is 2.40 bits per heavy atom. The van der Waals surface area contributed by atoms with E-state index >= 15 is 0 Å². The number of rotatable bonds is 8. The first-order valence-electron chi connectivity index (χ1n) is 6.34. The largest absolute Gasteiger partial charge is 0.477 e. The van der Waals surface area contributed by atoms with Gasteiger partial charge in [-0.05, 0) is 33.1 Å². The normalized spacial score (nSPS) is 11.8. The van der Waals surface area contributed by atoms with Gasteiger partial charge in [-0.3, -0.25) is 0 Å². The van der Waals surface area contributed by atoms with E-state index in [0.717, 1.165) is 6.42 Å². The van der Waals surface area contributed by atoms with Gasteiger partial charge in [0, 0.05) is 24.4 Å². The topological polar surface area (TPSA) is 119 Å². The summed E-state index contributed by atoms with van der Waals surface area (Å²) in [5.41, 5.74) is 0.406. The molecule has 0 bridgehead atoms. The Hall–Kier alpha value is -1.38. The SMILES string of the molecule is Cc1[nH]c(C(=O)O)c(C)c1S(=O)(=O)NCCCCCO. The van der Waals surface area contributed by atoms with Crippen LogP contribution < -0.4 is 4.72 Å². The van der Waals surface area contributed by atoms with Crippen molar-refractivity contribution in [2.24, 2.45) is 0 Å². The van der Waals surface area contributed by atoms with Crippen LogP contribution in [0.2, 0.25) is 0 Å². The number of aliphatic hydroxyl groups is 1. The number of aromatic carboxylic acids is 1.